The number of hydrogen-bond donors (Lipinski definition) is 2. The first-order valence-electron chi connectivity index (χ1n) is 5.23. The minimum Gasteiger partial charge on any atom is -0.396 e. The van der Waals surface area contributed by atoms with Gasteiger partial charge in [-0.3, -0.25) is 4.40 Å². The van der Waals surface area contributed by atoms with Gasteiger partial charge in [0.1, 0.15) is 5.82 Å². The Kier molecular flexibility index (Phi) is 3.00. The highest BCUT2D eigenvalue weighted by molar-refractivity contribution is 5.61. The van der Waals surface area contributed by atoms with Gasteiger partial charge < -0.3 is 10.4 Å². The van der Waals surface area contributed by atoms with Crippen molar-refractivity contribution in [2.75, 3.05) is 18.5 Å². The van der Waals surface area contributed by atoms with Gasteiger partial charge in [-0.2, -0.15) is 0 Å². The number of anilines is 1. The van der Waals surface area contributed by atoms with Gasteiger partial charge in [0.25, 0.3) is 0 Å². The highest BCUT2D eigenvalue weighted by Crippen LogP contribution is 2.12. The fourth-order valence-corrected chi connectivity index (χ4v) is 1.40. The third kappa shape index (κ3) is 1.96. The number of aromatic nitrogens is 4. The van der Waals surface area contributed by atoms with E-state index in [1.807, 2.05) is 24.4 Å². The molecule has 6 heteroatoms. The van der Waals surface area contributed by atoms with E-state index in [2.05, 4.69) is 20.5 Å². The van der Waals surface area contributed by atoms with E-state index >= 15 is 0 Å². The van der Waals surface area contributed by atoms with Crippen LogP contribution in [0.4, 0.5) is 5.82 Å². The summed E-state index contributed by atoms with van der Waals surface area (Å²) in [5.41, 5.74) is 0.713. The molecule has 0 radical (unpaired) electrons. The minimum atomic E-state index is 0.155. The first-order valence-corrected chi connectivity index (χ1v) is 5.23. The second-order valence-electron chi connectivity index (χ2n) is 3.89. The second-order valence-corrected chi connectivity index (χ2v) is 3.89. The fourth-order valence-electron chi connectivity index (χ4n) is 1.40. The number of fused-ring (bicyclic) bond motifs is 1. The maximum Gasteiger partial charge on any atom is 0.203 e. The molecular formula is C10H15N5O. The molecule has 0 aliphatic heterocycles. The van der Waals surface area contributed by atoms with Crippen LogP contribution in [-0.2, 0) is 0 Å². The molecule has 1 atom stereocenters. The normalized spacial score (nSPS) is 12.9. The van der Waals surface area contributed by atoms with Crippen LogP contribution in [0.2, 0.25) is 0 Å². The van der Waals surface area contributed by atoms with Crippen molar-refractivity contribution in [3.63, 3.8) is 0 Å². The SMILES string of the molecule is Cc1nnc2c(NCC(C)CO)nccn12. The summed E-state index contributed by atoms with van der Waals surface area (Å²) >= 11 is 0. The number of nitrogens with zero attached hydrogens (tertiary/aromatic N) is 4. The Morgan fingerprint density at radius 1 is 1.50 bits per heavy atom. The molecule has 1 unspecified atom stereocenters. The van der Waals surface area contributed by atoms with Crippen LogP contribution in [0.3, 0.4) is 0 Å². The van der Waals surface area contributed by atoms with Crippen LogP contribution in [0, 0.1) is 12.8 Å². The zero-order valence-corrected chi connectivity index (χ0v) is 9.38. The van der Waals surface area contributed by atoms with Crippen LogP contribution >= 0.6 is 0 Å². The predicted molar refractivity (Wildman–Crippen MR) is 60.3 cm³/mol. The van der Waals surface area contributed by atoms with E-state index in [0.717, 1.165) is 5.82 Å². The molecule has 0 saturated heterocycles. The van der Waals surface area contributed by atoms with Gasteiger partial charge >= 0.3 is 0 Å². The Hall–Kier alpha value is -1.69. The molecule has 0 aliphatic rings. The van der Waals surface area contributed by atoms with Crippen LogP contribution in [0.25, 0.3) is 5.65 Å². The van der Waals surface area contributed by atoms with Gasteiger partial charge in [-0.15, -0.1) is 10.2 Å². The monoisotopic (exact) mass is 221 g/mol. The number of nitrogens with one attached hydrogen (secondary N) is 1. The van der Waals surface area contributed by atoms with E-state index in [-0.39, 0.29) is 12.5 Å². The van der Waals surface area contributed by atoms with Crippen LogP contribution in [0.5, 0.6) is 0 Å². The molecule has 0 aromatic carbocycles. The Balaban J connectivity index is 2.24. The molecule has 6 nitrogen and oxygen atoms in total. The standard InChI is InChI=1S/C10H15N5O/c1-7(6-16)5-12-9-10-14-13-8(2)15(10)4-3-11-9/h3-4,7,16H,5-6H2,1-2H3,(H,11,12). The Morgan fingerprint density at radius 3 is 3.06 bits per heavy atom. The van der Waals surface area contributed by atoms with Gasteiger partial charge in [0.15, 0.2) is 5.82 Å². The summed E-state index contributed by atoms with van der Waals surface area (Å²) in [6.45, 7) is 4.67. The first-order chi connectivity index (χ1) is 7.72. The predicted octanol–water partition coefficient (Wildman–Crippen LogP) is 0.473. The lowest BCUT2D eigenvalue weighted by Gasteiger charge is -2.10. The summed E-state index contributed by atoms with van der Waals surface area (Å²) in [6, 6.07) is 0. The summed E-state index contributed by atoms with van der Waals surface area (Å²) in [5, 5.41) is 20.1. The smallest absolute Gasteiger partial charge is 0.203 e. The van der Waals surface area contributed by atoms with E-state index in [0.29, 0.717) is 18.0 Å². The lowest BCUT2D eigenvalue weighted by Crippen LogP contribution is -2.15. The van der Waals surface area contributed by atoms with Crippen molar-refractivity contribution in [3.8, 4) is 0 Å². The van der Waals surface area contributed by atoms with E-state index in [4.69, 9.17) is 5.11 Å². The summed E-state index contributed by atoms with van der Waals surface area (Å²) in [6.07, 6.45) is 3.53. The zero-order chi connectivity index (χ0) is 11.5. The van der Waals surface area contributed by atoms with Crippen molar-refractivity contribution in [2.45, 2.75) is 13.8 Å². The molecule has 0 fully saturated rings. The largest absolute Gasteiger partial charge is 0.396 e. The molecule has 2 aromatic heterocycles. The maximum atomic E-state index is 8.94. The molecule has 0 bridgehead atoms. The van der Waals surface area contributed by atoms with Gasteiger partial charge in [0.05, 0.1) is 0 Å². The van der Waals surface area contributed by atoms with Gasteiger partial charge in [0, 0.05) is 25.5 Å². The molecule has 2 aromatic rings. The van der Waals surface area contributed by atoms with Crippen LogP contribution in [0.15, 0.2) is 12.4 Å². The van der Waals surface area contributed by atoms with Crippen LogP contribution < -0.4 is 5.32 Å². The van der Waals surface area contributed by atoms with E-state index < -0.39 is 0 Å². The topological polar surface area (TPSA) is 75.3 Å². The van der Waals surface area contributed by atoms with Gasteiger partial charge in [-0.25, -0.2) is 4.98 Å². The van der Waals surface area contributed by atoms with Gasteiger partial charge in [-0.05, 0) is 12.8 Å². The molecule has 2 rings (SSSR count). The lowest BCUT2D eigenvalue weighted by atomic mass is 10.2. The molecular weight excluding hydrogens is 206 g/mol. The molecule has 0 saturated carbocycles. The minimum absolute atomic E-state index is 0.155. The lowest BCUT2D eigenvalue weighted by molar-refractivity contribution is 0.244. The van der Waals surface area contributed by atoms with Crippen molar-refractivity contribution >= 4 is 11.5 Å². The van der Waals surface area contributed by atoms with E-state index in [1.165, 1.54) is 0 Å². The van der Waals surface area contributed by atoms with E-state index in [1.54, 1.807) is 6.20 Å². The summed E-state index contributed by atoms with van der Waals surface area (Å²) in [5.74, 6) is 1.71. The average Bonchev–Trinajstić information content (AvgIpc) is 2.69. The maximum absolute atomic E-state index is 8.94. The number of aliphatic hydroxyl groups is 1. The number of rotatable bonds is 4. The summed E-state index contributed by atoms with van der Waals surface area (Å²) < 4.78 is 1.87. The number of aliphatic hydroxyl groups excluding tert-OH is 1. The second kappa shape index (κ2) is 4.44. The van der Waals surface area contributed by atoms with Gasteiger partial charge in [0.2, 0.25) is 5.65 Å². The molecule has 16 heavy (non-hydrogen) atoms. The highest BCUT2D eigenvalue weighted by Gasteiger charge is 2.08. The van der Waals surface area contributed by atoms with Crippen molar-refractivity contribution in [2.24, 2.45) is 5.92 Å². The first kappa shape index (κ1) is 10.8. The Morgan fingerprint density at radius 2 is 2.31 bits per heavy atom. The molecule has 86 valence electrons. The van der Waals surface area contributed by atoms with Crippen molar-refractivity contribution in [3.05, 3.63) is 18.2 Å². The van der Waals surface area contributed by atoms with Crippen molar-refractivity contribution < 1.29 is 5.11 Å². The Bertz CT molecular complexity index is 481. The van der Waals surface area contributed by atoms with Crippen LogP contribution in [-0.4, -0.2) is 37.8 Å². The quantitative estimate of drug-likeness (QED) is 0.785. The fraction of sp³-hybridized carbons (Fsp3) is 0.500. The van der Waals surface area contributed by atoms with Crippen molar-refractivity contribution in [1.29, 1.82) is 0 Å². The van der Waals surface area contributed by atoms with Crippen molar-refractivity contribution in [1.82, 2.24) is 19.6 Å². The number of aryl methyl sites for hydroxylation is 1. The Labute approximate surface area is 93.3 Å². The molecule has 0 aliphatic carbocycles. The highest BCUT2D eigenvalue weighted by atomic mass is 16.3. The zero-order valence-electron chi connectivity index (χ0n) is 9.38. The van der Waals surface area contributed by atoms with Crippen LogP contribution in [0.1, 0.15) is 12.7 Å². The molecule has 0 spiro atoms. The average molecular weight is 221 g/mol. The van der Waals surface area contributed by atoms with E-state index in [9.17, 15) is 0 Å². The third-order valence-electron chi connectivity index (χ3n) is 2.43. The number of hydrogen-bond acceptors (Lipinski definition) is 5. The molecule has 2 N–H and O–H groups in total. The summed E-state index contributed by atoms with van der Waals surface area (Å²) in [7, 11) is 0. The third-order valence-corrected chi connectivity index (χ3v) is 2.43. The summed E-state index contributed by atoms with van der Waals surface area (Å²) in [4.78, 5) is 4.21. The molecule has 0 amide bonds. The van der Waals surface area contributed by atoms with Gasteiger partial charge in [-0.1, -0.05) is 6.92 Å². The molecule has 2 heterocycles.